The largest absolute Gasteiger partial charge is 0.491 e. The van der Waals surface area contributed by atoms with Crippen LogP contribution in [0.3, 0.4) is 0 Å². The van der Waals surface area contributed by atoms with Crippen LogP contribution in [-0.2, 0) is 24.1 Å². The lowest BCUT2D eigenvalue weighted by Gasteiger charge is -2.26. The van der Waals surface area contributed by atoms with E-state index in [1.807, 2.05) is 6.07 Å². The number of aryl methyl sites for hydroxylation is 1. The lowest BCUT2D eigenvalue weighted by Crippen LogP contribution is -2.42. The normalized spacial score (nSPS) is 21.1. The standard InChI is InChI=1S/C19H19ClF3N3O3/c20-12-1-3-16-11(5-12)6-13(9-28-16)24-18(27)15-8-26-7-14(2-4-17(26)25-15)29-10-19(21,22)23/h1,3,5,8,13-14H,2,4,6-7,9-10H2,(H,24,27)/t13-,14?/m1/s1. The number of nitrogens with zero attached hydrogens (tertiary/aromatic N) is 2. The van der Waals surface area contributed by atoms with E-state index in [1.54, 1.807) is 22.9 Å². The number of benzene rings is 1. The Bertz CT molecular complexity index is 916. The topological polar surface area (TPSA) is 65.4 Å². The molecule has 1 amide bonds. The SMILES string of the molecule is O=C(N[C@H]1COc2ccc(Cl)cc2C1)c1cn2c(n1)CCC(OCC(F)(F)F)C2. The maximum Gasteiger partial charge on any atom is 0.411 e. The van der Waals surface area contributed by atoms with Crippen molar-refractivity contribution in [3.05, 3.63) is 46.5 Å². The Morgan fingerprint density at radius 1 is 1.41 bits per heavy atom. The summed E-state index contributed by atoms with van der Waals surface area (Å²) in [6.45, 7) is -0.701. The number of fused-ring (bicyclic) bond motifs is 2. The third-order valence-corrected chi connectivity index (χ3v) is 5.16. The number of imidazole rings is 1. The average molecular weight is 430 g/mol. The zero-order valence-electron chi connectivity index (χ0n) is 15.3. The Kier molecular flexibility index (Phi) is 5.44. The van der Waals surface area contributed by atoms with E-state index < -0.39 is 18.9 Å². The summed E-state index contributed by atoms with van der Waals surface area (Å²) in [4.78, 5) is 16.9. The van der Waals surface area contributed by atoms with Gasteiger partial charge in [0.25, 0.3) is 5.91 Å². The fourth-order valence-corrected chi connectivity index (χ4v) is 3.78. The van der Waals surface area contributed by atoms with Gasteiger partial charge in [-0.2, -0.15) is 13.2 Å². The van der Waals surface area contributed by atoms with Gasteiger partial charge in [0.2, 0.25) is 0 Å². The molecule has 6 nitrogen and oxygen atoms in total. The van der Waals surface area contributed by atoms with Gasteiger partial charge in [-0.1, -0.05) is 11.6 Å². The monoisotopic (exact) mass is 429 g/mol. The van der Waals surface area contributed by atoms with Crippen molar-refractivity contribution < 1.29 is 27.4 Å². The predicted octanol–water partition coefficient (Wildman–Crippen LogP) is 3.16. The van der Waals surface area contributed by atoms with Crippen molar-refractivity contribution in [3.63, 3.8) is 0 Å². The summed E-state index contributed by atoms with van der Waals surface area (Å²) in [5.41, 5.74) is 1.15. The van der Waals surface area contributed by atoms with E-state index in [9.17, 15) is 18.0 Å². The average Bonchev–Trinajstić information content (AvgIpc) is 3.09. The van der Waals surface area contributed by atoms with Gasteiger partial charge in [0.1, 0.15) is 30.5 Å². The summed E-state index contributed by atoms with van der Waals surface area (Å²) in [7, 11) is 0. The van der Waals surface area contributed by atoms with Crippen LogP contribution >= 0.6 is 11.6 Å². The highest BCUT2D eigenvalue weighted by Gasteiger charge is 2.31. The van der Waals surface area contributed by atoms with Crippen LogP contribution in [-0.4, -0.2) is 47.0 Å². The molecule has 2 atom stereocenters. The first-order chi connectivity index (χ1) is 13.8. The minimum atomic E-state index is -4.36. The van der Waals surface area contributed by atoms with Gasteiger partial charge in [0.15, 0.2) is 0 Å². The number of hydrogen-bond acceptors (Lipinski definition) is 4. The number of ether oxygens (including phenoxy) is 2. The van der Waals surface area contributed by atoms with E-state index in [-0.39, 0.29) is 24.2 Å². The Morgan fingerprint density at radius 2 is 2.24 bits per heavy atom. The number of aromatic nitrogens is 2. The number of amides is 1. The van der Waals surface area contributed by atoms with Gasteiger partial charge >= 0.3 is 6.18 Å². The molecule has 1 N–H and O–H groups in total. The minimum absolute atomic E-state index is 0.227. The van der Waals surface area contributed by atoms with Gasteiger partial charge in [-0.3, -0.25) is 4.79 Å². The maximum atomic E-state index is 12.6. The second-order valence-corrected chi connectivity index (χ2v) is 7.66. The molecule has 10 heteroatoms. The summed E-state index contributed by atoms with van der Waals surface area (Å²) in [6.07, 6.45) is -1.88. The van der Waals surface area contributed by atoms with Crippen LogP contribution in [0.5, 0.6) is 5.75 Å². The molecule has 0 saturated carbocycles. The summed E-state index contributed by atoms with van der Waals surface area (Å²) >= 11 is 6.01. The lowest BCUT2D eigenvalue weighted by molar-refractivity contribution is -0.187. The highest BCUT2D eigenvalue weighted by atomic mass is 35.5. The fourth-order valence-electron chi connectivity index (χ4n) is 3.59. The molecular formula is C19H19ClF3N3O3. The van der Waals surface area contributed by atoms with Crippen molar-refractivity contribution in [1.29, 1.82) is 0 Å². The van der Waals surface area contributed by atoms with E-state index in [4.69, 9.17) is 21.1 Å². The predicted molar refractivity (Wildman–Crippen MR) is 98.2 cm³/mol. The number of carbonyl (C=O) groups is 1. The second kappa shape index (κ2) is 7.87. The van der Waals surface area contributed by atoms with E-state index in [2.05, 4.69) is 10.3 Å². The summed E-state index contributed by atoms with van der Waals surface area (Å²) in [5, 5.41) is 3.50. The zero-order valence-corrected chi connectivity index (χ0v) is 16.1. The minimum Gasteiger partial charge on any atom is -0.491 e. The molecular weight excluding hydrogens is 411 g/mol. The molecule has 0 saturated heterocycles. The van der Waals surface area contributed by atoms with Crippen LogP contribution in [0.25, 0.3) is 0 Å². The zero-order chi connectivity index (χ0) is 20.6. The van der Waals surface area contributed by atoms with Crippen molar-refractivity contribution in [1.82, 2.24) is 14.9 Å². The van der Waals surface area contributed by atoms with Gasteiger partial charge < -0.3 is 19.4 Å². The number of carbonyl (C=O) groups excluding carboxylic acids is 1. The Morgan fingerprint density at radius 3 is 3.03 bits per heavy atom. The highest BCUT2D eigenvalue weighted by Crippen LogP contribution is 2.28. The Balaban J connectivity index is 1.37. The second-order valence-electron chi connectivity index (χ2n) is 7.22. The fraction of sp³-hybridized carbons (Fsp3) is 0.474. The molecule has 29 heavy (non-hydrogen) atoms. The molecule has 2 aliphatic rings. The van der Waals surface area contributed by atoms with Crippen LogP contribution in [0.15, 0.2) is 24.4 Å². The maximum absolute atomic E-state index is 12.6. The first-order valence-corrected chi connectivity index (χ1v) is 9.61. The third-order valence-electron chi connectivity index (χ3n) is 4.93. The van der Waals surface area contributed by atoms with Gasteiger partial charge in [0.05, 0.1) is 18.7 Å². The molecule has 1 aromatic carbocycles. The van der Waals surface area contributed by atoms with Crippen LogP contribution in [0, 0.1) is 0 Å². The molecule has 3 heterocycles. The van der Waals surface area contributed by atoms with Gasteiger partial charge in [0, 0.05) is 17.6 Å². The molecule has 0 fully saturated rings. The van der Waals surface area contributed by atoms with Crippen molar-refractivity contribution in [2.24, 2.45) is 0 Å². The molecule has 1 aromatic heterocycles. The van der Waals surface area contributed by atoms with E-state index >= 15 is 0 Å². The third kappa shape index (κ3) is 4.84. The number of nitrogens with one attached hydrogen (secondary N) is 1. The molecule has 0 radical (unpaired) electrons. The summed E-state index contributed by atoms with van der Waals surface area (Å²) < 4.78 is 49.3. The molecule has 0 spiro atoms. The summed E-state index contributed by atoms with van der Waals surface area (Å²) in [6, 6.07) is 5.14. The molecule has 0 bridgehead atoms. The van der Waals surface area contributed by atoms with E-state index in [0.29, 0.717) is 36.7 Å². The van der Waals surface area contributed by atoms with E-state index in [0.717, 1.165) is 11.3 Å². The van der Waals surface area contributed by atoms with Crippen molar-refractivity contribution in [2.75, 3.05) is 13.2 Å². The van der Waals surface area contributed by atoms with Gasteiger partial charge in [-0.05, 0) is 36.6 Å². The molecule has 4 rings (SSSR count). The van der Waals surface area contributed by atoms with Crippen LogP contribution in [0.1, 0.15) is 28.3 Å². The van der Waals surface area contributed by atoms with Gasteiger partial charge in [-0.15, -0.1) is 0 Å². The Labute approximate surface area is 170 Å². The number of alkyl halides is 3. The van der Waals surface area contributed by atoms with Gasteiger partial charge in [-0.25, -0.2) is 4.98 Å². The number of halogens is 4. The van der Waals surface area contributed by atoms with Crippen molar-refractivity contribution in [3.8, 4) is 5.75 Å². The summed E-state index contributed by atoms with van der Waals surface area (Å²) in [5.74, 6) is 1.07. The van der Waals surface area contributed by atoms with Crippen molar-refractivity contribution >= 4 is 17.5 Å². The molecule has 1 unspecified atom stereocenters. The molecule has 2 aromatic rings. The van der Waals surface area contributed by atoms with Crippen LogP contribution in [0.2, 0.25) is 5.02 Å². The first-order valence-electron chi connectivity index (χ1n) is 9.23. The lowest BCUT2D eigenvalue weighted by atomic mass is 10.0. The van der Waals surface area contributed by atoms with E-state index in [1.165, 1.54) is 0 Å². The molecule has 2 aliphatic heterocycles. The highest BCUT2D eigenvalue weighted by molar-refractivity contribution is 6.30. The Hall–Kier alpha value is -2.26. The first kappa shape index (κ1) is 20.0. The number of rotatable bonds is 4. The number of hydrogen-bond donors (Lipinski definition) is 1. The van der Waals surface area contributed by atoms with Crippen LogP contribution in [0.4, 0.5) is 13.2 Å². The molecule has 156 valence electrons. The van der Waals surface area contributed by atoms with Crippen LogP contribution < -0.4 is 10.1 Å². The quantitative estimate of drug-likeness (QED) is 0.810. The molecule has 0 aliphatic carbocycles. The smallest absolute Gasteiger partial charge is 0.411 e. The van der Waals surface area contributed by atoms with Crippen molar-refractivity contribution in [2.45, 2.75) is 44.1 Å².